The number of nitrogens with zero attached hydrogens (tertiary/aromatic N) is 1. The number of thiazole rings is 1. The fourth-order valence-corrected chi connectivity index (χ4v) is 2.78. The number of aromatic nitrogens is 1. The summed E-state index contributed by atoms with van der Waals surface area (Å²) in [5.41, 5.74) is 1.14. The highest BCUT2D eigenvalue weighted by atomic mass is 32.1. The molecule has 0 radical (unpaired) electrons. The monoisotopic (exact) mass is 240 g/mol. The number of ether oxygens (including phenoxy) is 1. The number of nitrogens with one attached hydrogen (secondary N) is 1. The summed E-state index contributed by atoms with van der Waals surface area (Å²) in [6.45, 7) is 5.99. The van der Waals surface area contributed by atoms with Gasteiger partial charge in [-0.15, -0.1) is 11.3 Å². The first kappa shape index (κ1) is 12.0. The van der Waals surface area contributed by atoms with Crippen molar-refractivity contribution in [1.82, 2.24) is 10.3 Å². The van der Waals surface area contributed by atoms with Crippen molar-refractivity contribution in [3.05, 3.63) is 16.1 Å². The maximum atomic E-state index is 5.53. The minimum absolute atomic E-state index is 0.504. The first-order valence-corrected chi connectivity index (χ1v) is 6.92. The molecule has 0 aliphatic heterocycles. The average molecular weight is 240 g/mol. The van der Waals surface area contributed by atoms with Crippen LogP contribution in [-0.2, 0) is 11.2 Å². The zero-order valence-corrected chi connectivity index (χ0v) is 10.8. The van der Waals surface area contributed by atoms with Gasteiger partial charge in [0.2, 0.25) is 0 Å². The van der Waals surface area contributed by atoms with E-state index in [-0.39, 0.29) is 0 Å². The lowest BCUT2D eigenvalue weighted by Crippen LogP contribution is -2.46. The molecule has 1 aromatic heterocycles. The van der Waals surface area contributed by atoms with Gasteiger partial charge in [0.25, 0.3) is 0 Å². The summed E-state index contributed by atoms with van der Waals surface area (Å²) in [5, 5.41) is 6.91. The second-order valence-corrected chi connectivity index (χ2v) is 5.28. The van der Waals surface area contributed by atoms with Gasteiger partial charge in [-0.3, -0.25) is 0 Å². The summed E-state index contributed by atoms with van der Waals surface area (Å²) in [5.74, 6) is 0. The fraction of sp³-hybridized carbons (Fsp3) is 0.750. The highest BCUT2D eigenvalue weighted by Gasteiger charge is 2.28. The molecule has 0 aromatic carbocycles. The Kier molecular flexibility index (Phi) is 4.32. The van der Waals surface area contributed by atoms with Crippen LogP contribution in [0.15, 0.2) is 5.38 Å². The fourth-order valence-electron chi connectivity index (χ4n) is 2.00. The van der Waals surface area contributed by atoms with Crippen molar-refractivity contribution in [2.75, 3.05) is 13.2 Å². The lowest BCUT2D eigenvalue weighted by atomic mass is 9.89. The predicted octanol–water partition coefficient (Wildman–Crippen LogP) is 2.15. The molecule has 16 heavy (non-hydrogen) atoms. The molecule has 4 heteroatoms. The van der Waals surface area contributed by atoms with Gasteiger partial charge in [0, 0.05) is 36.7 Å². The molecule has 3 nitrogen and oxygen atoms in total. The number of hydrogen-bond acceptors (Lipinski definition) is 4. The maximum Gasteiger partial charge on any atom is 0.0940 e. The van der Waals surface area contributed by atoms with Crippen LogP contribution in [0.1, 0.15) is 30.5 Å². The van der Waals surface area contributed by atoms with Crippen LogP contribution in [0.4, 0.5) is 0 Å². The number of hydrogen-bond donors (Lipinski definition) is 1. The van der Waals surface area contributed by atoms with E-state index in [1.807, 2.05) is 6.92 Å². The Balaban J connectivity index is 1.56. The Hall–Kier alpha value is -0.450. The largest absolute Gasteiger partial charge is 0.378 e. The van der Waals surface area contributed by atoms with E-state index < -0.39 is 0 Å². The van der Waals surface area contributed by atoms with Crippen LogP contribution in [0.2, 0.25) is 0 Å². The minimum Gasteiger partial charge on any atom is -0.378 e. The molecule has 0 amide bonds. The quantitative estimate of drug-likeness (QED) is 0.827. The highest BCUT2D eigenvalue weighted by Crippen LogP contribution is 2.23. The molecular weight excluding hydrogens is 220 g/mol. The van der Waals surface area contributed by atoms with Crippen molar-refractivity contribution in [3.8, 4) is 0 Å². The van der Waals surface area contributed by atoms with Crippen molar-refractivity contribution < 1.29 is 4.74 Å². The first-order valence-electron chi connectivity index (χ1n) is 6.04. The van der Waals surface area contributed by atoms with Crippen LogP contribution in [-0.4, -0.2) is 30.3 Å². The summed E-state index contributed by atoms with van der Waals surface area (Å²) < 4.78 is 5.53. The van der Waals surface area contributed by atoms with E-state index in [1.165, 1.54) is 17.8 Å². The maximum absolute atomic E-state index is 5.53. The van der Waals surface area contributed by atoms with E-state index in [1.54, 1.807) is 11.3 Å². The molecule has 1 saturated carbocycles. The van der Waals surface area contributed by atoms with E-state index >= 15 is 0 Å². The molecule has 0 unspecified atom stereocenters. The van der Waals surface area contributed by atoms with Gasteiger partial charge >= 0.3 is 0 Å². The van der Waals surface area contributed by atoms with Crippen molar-refractivity contribution in [2.24, 2.45) is 0 Å². The van der Waals surface area contributed by atoms with Gasteiger partial charge in [-0.2, -0.15) is 0 Å². The van der Waals surface area contributed by atoms with Crippen LogP contribution in [0.5, 0.6) is 0 Å². The Morgan fingerprint density at radius 3 is 3.00 bits per heavy atom. The van der Waals surface area contributed by atoms with Crippen LogP contribution in [0, 0.1) is 6.92 Å². The minimum atomic E-state index is 0.504. The van der Waals surface area contributed by atoms with Gasteiger partial charge in [0.1, 0.15) is 0 Å². The average Bonchev–Trinajstić information content (AvgIpc) is 2.60. The van der Waals surface area contributed by atoms with Gasteiger partial charge < -0.3 is 10.1 Å². The molecule has 0 saturated heterocycles. The zero-order valence-electron chi connectivity index (χ0n) is 10.0. The van der Waals surface area contributed by atoms with Gasteiger partial charge in [-0.05, 0) is 26.7 Å². The van der Waals surface area contributed by atoms with Crippen molar-refractivity contribution >= 4 is 11.3 Å². The number of rotatable bonds is 6. The van der Waals surface area contributed by atoms with Gasteiger partial charge in [-0.1, -0.05) is 0 Å². The SMILES string of the molecule is CCOC1CC(NCCc2nc(C)cs2)C1. The molecule has 1 N–H and O–H groups in total. The molecule has 1 heterocycles. The zero-order chi connectivity index (χ0) is 11.4. The second-order valence-electron chi connectivity index (χ2n) is 4.33. The molecule has 1 fully saturated rings. The molecular formula is C12H20N2OS. The van der Waals surface area contributed by atoms with Crippen molar-refractivity contribution in [3.63, 3.8) is 0 Å². The molecule has 1 aromatic rings. The van der Waals surface area contributed by atoms with Crippen LogP contribution in [0.25, 0.3) is 0 Å². The molecule has 0 spiro atoms. The summed E-state index contributed by atoms with van der Waals surface area (Å²) in [4.78, 5) is 4.45. The first-order chi connectivity index (χ1) is 7.78. The van der Waals surface area contributed by atoms with Crippen molar-refractivity contribution in [2.45, 2.75) is 45.3 Å². The Labute approximate surface area is 101 Å². The van der Waals surface area contributed by atoms with E-state index in [9.17, 15) is 0 Å². The lowest BCUT2D eigenvalue weighted by molar-refractivity contribution is -0.00960. The molecule has 2 rings (SSSR count). The predicted molar refractivity (Wildman–Crippen MR) is 67.0 cm³/mol. The summed E-state index contributed by atoms with van der Waals surface area (Å²) >= 11 is 1.76. The van der Waals surface area contributed by atoms with E-state index in [2.05, 4.69) is 22.6 Å². The third kappa shape index (κ3) is 3.27. The summed E-state index contributed by atoms with van der Waals surface area (Å²) in [6.07, 6.45) is 3.90. The van der Waals surface area contributed by atoms with Crippen LogP contribution >= 0.6 is 11.3 Å². The van der Waals surface area contributed by atoms with Crippen LogP contribution in [0.3, 0.4) is 0 Å². The normalized spacial score (nSPS) is 24.4. The molecule has 0 atom stereocenters. The topological polar surface area (TPSA) is 34.1 Å². The van der Waals surface area contributed by atoms with Crippen LogP contribution < -0.4 is 5.32 Å². The Morgan fingerprint density at radius 2 is 2.38 bits per heavy atom. The Morgan fingerprint density at radius 1 is 1.56 bits per heavy atom. The third-order valence-corrected chi connectivity index (χ3v) is 3.96. The van der Waals surface area contributed by atoms with E-state index in [4.69, 9.17) is 4.74 Å². The van der Waals surface area contributed by atoms with Crippen molar-refractivity contribution in [1.29, 1.82) is 0 Å². The van der Waals surface area contributed by atoms with Gasteiger partial charge in [-0.25, -0.2) is 4.98 Å². The Bertz CT molecular complexity index is 321. The third-order valence-electron chi connectivity index (χ3n) is 2.94. The lowest BCUT2D eigenvalue weighted by Gasteiger charge is -2.35. The van der Waals surface area contributed by atoms with Gasteiger partial charge in [0.15, 0.2) is 0 Å². The van der Waals surface area contributed by atoms with Gasteiger partial charge in [0.05, 0.1) is 11.1 Å². The van der Waals surface area contributed by atoms with E-state index in [0.29, 0.717) is 12.1 Å². The molecule has 90 valence electrons. The smallest absolute Gasteiger partial charge is 0.0940 e. The number of aryl methyl sites for hydroxylation is 1. The van der Waals surface area contributed by atoms with E-state index in [0.717, 1.165) is 25.3 Å². The molecule has 0 bridgehead atoms. The summed E-state index contributed by atoms with van der Waals surface area (Å²) in [6, 6.07) is 0.664. The summed E-state index contributed by atoms with van der Waals surface area (Å²) in [7, 11) is 0. The standard InChI is InChI=1S/C12H20N2OS/c1-3-15-11-6-10(7-11)13-5-4-12-14-9(2)8-16-12/h8,10-11,13H,3-7H2,1-2H3. The second kappa shape index (κ2) is 5.75. The molecule has 1 aliphatic rings. The molecule has 1 aliphatic carbocycles. The highest BCUT2D eigenvalue weighted by molar-refractivity contribution is 7.09.